The number of aryl methyl sites for hydroxylation is 1. The molecule has 1 fully saturated rings. The highest BCUT2D eigenvalue weighted by Crippen LogP contribution is 2.61. The highest BCUT2D eigenvalue weighted by molar-refractivity contribution is 5.92. The number of rotatable bonds is 5. The number of ether oxygens (including phenoxy) is 2. The Labute approximate surface area is 370 Å². The van der Waals surface area contributed by atoms with Gasteiger partial charge < -0.3 is 55.8 Å². The van der Waals surface area contributed by atoms with E-state index in [4.69, 9.17) is 19.6 Å². The Bertz CT molecular complexity index is 2730. The van der Waals surface area contributed by atoms with Crippen LogP contribution in [0.1, 0.15) is 86.3 Å². The SMILES string of the molecule is C/C=C(/CO)C(=O)O[C@@H]1Cc2c3c(c4oc(CO)cc(=O)c4c2O)[C@@H]2C4=CCNC(N)=C4[C@H](CCc4ccc(O)cc4[C@H]2CO)[C@H]2CCC4=C5C=C[C@@H](C)NC5NC=C4C[C@@H]2[C@]1(C)O3. The second-order valence-corrected chi connectivity index (χ2v) is 18.6. The molecule has 4 bridgehead atoms. The summed E-state index contributed by atoms with van der Waals surface area (Å²) < 4.78 is 20.6. The summed E-state index contributed by atoms with van der Waals surface area (Å²) in [5, 5.41) is 66.6. The molecular weight excluding hydrogens is 817 g/mol. The first-order valence-corrected chi connectivity index (χ1v) is 22.5. The Morgan fingerprint density at radius 1 is 1.11 bits per heavy atom. The van der Waals surface area contributed by atoms with Gasteiger partial charge in [0.05, 0.1) is 18.8 Å². The van der Waals surface area contributed by atoms with Crippen molar-refractivity contribution < 1.29 is 44.2 Å². The van der Waals surface area contributed by atoms with Gasteiger partial charge in [-0.2, -0.15) is 0 Å². The molecule has 14 heteroatoms. The fourth-order valence-corrected chi connectivity index (χ4v) is 12.2. The molecule has 0 saturated heterocycles. The van der Waals surface area contributed by atoms with E-state index in [-0.39, 0.29) is 75.7 Å². The molecule has 1 saturated carbocycles. The number of phenols is 2. The van der Waals surface area contributed by atoms with Crippen LogP contribution in [-0.2, 0) is 29.0 Å². The van der Waals surface area contributed by atoms with Crippen LogP contribution in [0.25, 0.3) is 11.0 Å². The van der Waals surface area contributed by atoms with Crippen molar-refractivity contribution in [2.75, 3.05) is 19.8 Å². The van der Waals surface area contributed by atoms with Crippen LogP contribution < -0.4 is 31.8 Å². The molecule has 5 aliphatic heterocycles. The molecule has 3 aromatic rings. The molecule has 14 nitrogen and oxygen atoms in total. The van der Waals surface area contributed by atoms with E-state index >= 15 is 0 Å². The molecule has 1 unspecified atom stereocenters. The van der Waals surface area contributed by atoms with Gasteiger partial charge in [0, 0.05) is 60.2 Å². The third kappa shape index (κ3) is 6.51. The molecule has 1 aromatic heterocycles. The van der Waals surface area contributed by atoms with Crippen LogP contribution in [0.5, 0.6) is 17.2 Å². The average Bonchev–Trinajstić information content (AvgIpc) is 3.45. The van der Waals surface area contributed by atoms with E-state index in [1.54, 1.807) is 19.1 Å². The van der Waals surface area contributed by atoms with Gasteiger partial charge in [-0.25, -0.2) is 4.79 Å². The summed E-state index contributed by atoms with van der Waals surface area (Å²) in [6.07, 6.45) is 12.0. The molecule has 336 valence electrons. The van der Waals surface area contributed by atoms with E-state index in [1.165, 1.54) is 17.2 Å². The molecule has 0 radical (unpaired) electrons. The number of hydrogen-bond donors (Lipinski definition) is 9. The van der Waals surface area contributed by atoms with E-state index in [0.29, 0.717) is 49.2 Å². The third-order valence-electron chi connectivity index (χ3n) is 15.3. The maximum absolute atomic E-state index is 14.2. The second kappa shape index (κ2) is 16.0. The fraction of sp³-hybridized carbons (Fsp3) is 0.440. The van der Waals surface area contributed by atoms with Crippen LogP contribution in [0.15, 0.2) is 103 Å². The maximum atomic E-state index is 14.2. The smallest absolute Gasteiger partial charge is 0.336 e. The van der Waals surface area contributed by atoms with Crippen LogP contribution in [0, 0.1) is 17.8 Å². The van der Waals surface area contributed by atoms with Gasteiger partial charge in [-0.3, -0.25) is 10.1 Å². The Morgan fingerprint density at radius 2 is 1.94 bits per heavy atom. The number of allylic oxidation sites excluding steroid dienone is 5. The number of aliphatic hydroxyl groups is 3. The Morgan fingerprint density at radius 3 is 2.70 bits per heavy atom. The summed E-state index contributed by atoms with van der Waals surface area (Å²) >= 11 is 0. The lowest BCUT2D eigenvalue weighted by atomic mass is 9.61. The highest BCUT2D eigenvalue weighted by Gasteiger charge is 2.58. The van der Waals surface area contributed by atoms with Crippen molar-refractivity contribution >= 4 is 16.9 Å². The predicted molar refractivity (Wildman–Crippen MR) is 238 cm³/mol. The van der Waals surface area contributed by atoms with Gasteiger partial charge in [0.2, 0.25) is 0 Å². The van der Waals surface area contributed by atoms with Crippen LogP contribution >= 0.6 is 0 Å². The van der Waals surface area contributed by atoms with Crippen LogP contribution in [0.2, 0.25) is 0 Å². The number of nitrogens with one attached hydrogen (secondary N) is 3. The number of hydrogen-bond acceptors (Lipinski definition) is 14. The number of phenolic OH excluding ortho intramolecular Hbond substituents is 2. The minimum atomic E-state index is -1.34. The molecule has 64 heavy (non-hydrogen) atoms. The largest absolute Gasteiger partial charge is 0.508 e. The van der Waals surface area contributed by atoms with Gasteiger partial charge in [-0.05, 0) is 116 Å². The van der Waals surface area contributed by atoms with E-state index < -0.39 is 60.5 Å². The Hall–Kier alpha value is -5.80. The first-order valence-electron chi connectivity index (χ1n) is 22.5. The topological polar surface area (TPSA) is 229 Å². The third-order valence-corrected chi connectivity index (χ3v) is 15.3. The average molecular weight is 873 g/mol. The summed E-state index contributed by atoms with van der Waals surface area (Å²) in [7, 11) is 0. The second-order valence-electron chi connectivity index (χ2n) is 18.6. The minimum absolute atomic E-state index is 0.0126. The Kier molecular flexibility index (Phi) is 10.6. The number of nitrogens with two attached hydrogens (primary N) is 1. The normalized spacial score (nSPS) is 30.6. The molecule has 6 heterocycles. The van der Waals surface area contributed by atoms with E-state index in [2.05, 4.69) is 47.3 Å². The number of carbonyl (C=O) groups excluding carboxylic acids is 1. The summed E-state index contributed by atoms with van der Waals surface area (Å²) in [5.74, 6) is -2.84. The fourth-order valence-electron chi connectivity index (χ4n) is 12.2. The molecule has 0 amide bonds. The van der Waals surface area contributed by atoms with Crippen molar-refractivity contribution in [1.29, 1.82) is 0 Å². The van der Waals surface area contributed by atoms with Crippen molar-refractivity contribution in [3.05, 3.63) is 132 Å². The predicted octanol–water partition coefficient (Wildman–Crippen LogP) is 4.45. The van der Waals surface area contributed by atoms with Gasteiger partial charge in [0.25, 0.3) is 0 Å². The van der Waals surface area contributed by atoms with Crippen LogP contribution in [-0.4, -0.2) is 75.2 Å². The quantitative estimate of drug-likeness (QED) is 0.128. The molecule has 10 rings (SSSR count). The van der Waals surface area contributed by atoms with Crippen molar-refractivity contribution in [3.8, 4) is 17.2 Å². The van der Waals surface area contributed by atoms with Gasteiger partial charge in [0.1, 0.15) is 64.3 Å². The zero-order chi connectivity index (χ0) is 44.8. The van der Waals surface area contributed by atoms with Gasteiger partial charge in [-0.15, -0.1) is 0 Å². The van der Waals surface area contributed by atoms with Crippen molar-refractivity contribution in [2.24, 2.45) is 23.5 Å². The van der Waals surface area contributed by atoms with E-state index in [0.717, 1.165) is 34.8 Å². The van der Waals surface area contributed by atoms with Gasteiger partial charge in [-0.1, -0.05) is 30.4 Å². The Balaban J connectivity index is 1.34. The van der Waals surface area contributed by atoms with Gasteiger partial charge >= 0.3 is 5.97 Å². The monoisotopic (exact) mass is 872 g/mol. The molecule has 0 spiro atoms. The standard InChI is InChI=1S/C50H56N4O10/c1-4-24(20-55)49(61)63-39-18-35-44(60)42-38(59)17-28(21-56)62-46(42)43-40-33-13-14-52-47(51)41(33)31(10-7-25-6-8-27(58)16-34(25)36(40)22-57)30-12-11-29-26(15-37(30)50(39,3)64-45(35)43)19-53-48-32(29)9-5-23(2)54-48/h4-6,8-9,13,16-17,19,23,30-31,36-37,39-40,48,52-58,60H,7,10-12,14-15,18,20-22,51H2,1-3H3/b24-4-/t23-,30-,31-,36-,37+,39-,40-,48?,50+/m1/s1. The summed E-state index contributed by atoms with van der Waals surface area (Å²) in [4.78, 5) is 28.3. The molecular formula is C50H56N4O10. The number of carbonyl (C=O) groups is 1. The summed E-state index contributed by atoms with van der Waals surface area (Å²) in [5.41, 5.74) is 12.7. The van der Waals surface area contributed by atoms with Crippen molar-refractivity contribution in [3.63, 3.8) is 0 Å². The first kappa shape index (κ1) is 42.2. The number of aromatic hydroxyl groups is 2. The van der Waals surface area contributed by atoms with Crippen molar-refractivity contribution in [1.82, 2.24) is 16.0 Å². The number of benzene rings is 2. The van der Waals surface area contributed by atoms with E-state index in [9.17, 15) is 35.1 Å². The molecule has 7 aliphatic rings. The maximum Gasteiger partial charge on any atom is 0.336 e. The molecule has 10 N–H and O–H groups in total. The van der Waals surface area contributed by atoms with Crippen molar-refractivity contribution in [2.45, 2.75) is 102 Å². The zero-order valence-electron chi connectivity index (χ0n) is 36.2. The molecule has 2 aromatic carbocycles. The minimum Gasteiger partial charge on any atom is -0.508 e. The summed E-state index contributed by atoms with van der Waals surface area (Å²) in [6.45, 7) is 4.53. The van der Waals surface area contributed by atoms with Crippen LogP contribution in [0.3, 0.4) is 0 Å². The first-order chi connectivity index (χ1) is 30.9. The molecule has 9 atom stereocenters. The molecule has 2 aliphatic carbocycles. The van der Waals surface area contributed by atoms with Crippen LogP contribution in [0.4, 0.5) is 0 Å². The highest BCUT2D eigenvalue weighted by atomic mass is 16.6. The lowest BCUT2D eigenvalue weighted by Crippen LogP contribution is -2.59. The number of fused-ring (bicyclic) bond motifs is 10. The number of dihydropyridines is 2. The number of aliphatic hydroxyl groups excluding tert-OH is 3. The lowest BCUT2D eigenvalue weighted by molar-refractivity contribution is -0.169. The zero-order valence-corrected chi connectivity index (χ0v) is 36.2. The van der Waals surface area contributed by atoms with E-state index in [1.807, 2.05) is 13.0 Å². The summed E-state index contributed by atoms with van der Waals surface area (Å²) in [6, 6.07) is 6.58. The lowest BCUT2D eigenvalue weighted by Gasteiger charge is -2.52. The number of esters is 1. The van der Waals surface area contributed by atoms with Gasteiger partial charge in [0.15, 0.2) is 5.43 Å².